The minimum Gasteiger partial charge on any atom is -0.490 e. The van der Waals surface area contributed by atoms with Crippen LogP contribution in [0.4, 0.5) is 10.1 Å². The number of amides is 1. The van der Waals surface area contributed by atoms with Crippen molar-refractivity contribution in [2.24, 2.45) is 5.92 Å². The van der Waals surface area contributed by atoms with Gasteiger partial charge in [-0.2, -0.15) is 0 Å². The van der Waals surface area contributed by atoms with E-state index < -0.39 is 22.2 Å². The molecular weight excluding hydrogens is 413 g/mol. The number of carbonyl (C=O) groups excluding carboxylic acids is 1. The Labute approximate surface area is 177 Å². The summed E-state index contributed by atoms with van der Waals surface area (Å²) in [5.74, 6) is -0.145. The Morgan fingerprint density at radius 1 is 1.27 bits per heavy atom. The van der Waals surface area contributed by atoms with Gasteiger partial charge >= 0.3 is 0 Å². The first-order chi connectivity index (χ1) is 14.3. The molecule has 1 saturated heterocycles. The van der Waals surface area contributed by atoms with E-state index in [0.717, 1.165) is 32.1 Å². The Bertz CT molecular complexity index is 847. The van der Waals surface area contributed by atoms with Crippen molar-refractivity contribution >= 4 is 21.6 Å². The summed E-state index contributed by atoms with van der Waals surface area (Å²) in [6, 6.07) is 4.11. The highest BCUT2D eigenvalue weighted by molar-refractivity contribution is 7.92. The van der Waals surface area contributed by atoms with Gasteiger partial charge in [-0.05, 0) is 43.7 Å². The van der Waals surface area contributed by atoms with Crippen LogP contribution in [-0.2, 0) is 14.8 Å². The highest BCUT2D eigenvalue weighted by atomic mass is 32.2. The van der Waals surface area contributed by atoms with Crippen LogP contribution < -0.4 is 14.4 Å². The van der Waals surface area contributed by atoms with Gasteiger partial charge < -0.3 is 15.2 Å². The molecule has 1 aromatic rings. The number of unbranched alkanes of at least 4 members (excludes halogenated alkanes) is 3. The topological polar surface area (TPSA) is 99.2 Å². The Morgan fingerprint density at radius 3 is 2.67 bits per heavy atom. The van der Waals surface area contributed by atoms with Gasteiger partial charge in [-0.15, -0.1) is 0 Å². The highest BCUT2D eigenvalue weighted by Gasteiger charge is 2.27. The molecule has 2 aliphatic rings. The largest absolute Gasteiger partial charge is 0.490 e. The third kappa shape index (κ3) is 6.29. The molecule has 168 valence electrons. The molecule has 1 atom stereocenters. The number of carbonyl (C=O) groups is 1. The summed E-state index contributed by atoms with van der Waals surface area (Å²) in [4.78, 5) is 12.8. The zero-order valence-corrected chi connectivity index (χ0v) is 18.0. The van der Waals surface area contributed by atoms with E-state index in [-0.39, 0.29) is 24.0 Å². The maximum Gasteiger partial charge on any atom is 0.237 e. The zero-order valence-electron chi connectivity index (χ0n) is 17.2. The lowest BCUT2D eigenvalue weighted by Gasteiger charge is -2.20. The molecule has 1 amide bonds. The molecule has 30 heavy (non-hydrogen) atoms. The molecule has 1 aliphatic heterocycles. The van der Waals surface area contributed by atoms with Crippen molar-refractivity contribution in [3.63, 3.8) is 0 Å². The third-order valence-electron chi connectivity index (χ3n) is 5.45. The van der Waals surface area contributed by atoms with Crippen LogP contribution in [0.15, 0.2) is 18.2 Å². The highest BCUT2D eigenvalue weighted by Crippen LogP contribution is 2.31. The number of hydrogen-bond donors (Lipinski definition) is 2. The first-order valence-corrected chi connectivity index (χ1v) is 12.0. The van der Waals surface area contributed by atoms with Gasteiger partial charge in [-0.25, -0.2) is 12.8 Å². The summed E-state index contributed by atoms with van der Waals surface area (Å²) in [6.07, 6.45) is 4.02. The monoisotopic (exact) mass is 443 g/mol. The standard InChI is InChI=1S/C20H30FN3O5S/c1-23(16-8-9-17(21)18(12-16)29-14-15-6-7-15)30(27,28)11-5-3-2-4-10-24-13-19(25)22-20(24)26/h8-9,12,15,20,26H,2-7,10-11,13-14H2,1H3,(H,22,25). The normalized spacial score (nSPS) is 19.7. The van der Waals surface area contributed by atoms with E-state index in [4.69, 9.17) is 4.74 Å². The van der Waals surface area contributed by atoms with Gasteiger partial charge in [0.2, 0.25) is 15.9 Å². The quantitative estimate of drug-likeness (QED) is 0.477. The number of hydrogen-bond acceptors (Lipinski definition) is 6. The molecule has 0 spiro atoms. The number of benzene rings is 1. The van der Waals surface area contributed by atoms with Crippen molar-refractivity contribution in [3.05, 3.63) is 24.0 Å². The maximum atomic E-state index is 13.9. The van der Waals surface area contributed by atoms with Crippen LogP contribution in [0.2, 0.25) is 0 Å². The molecule has 1 saturated carbocycles. The van der Waals surface area contributed by atoms with Crippen molar-refractivity contribution in [3.8, 4) is 5.75 Å². The second-order valence-corrected chi connectivity index (χ2v) is 10.1. The first kappa shape index (κ1) is 22.8. The first-order valence-electron chi connectivity index (χ1n) is 10.4. The van der Waals surface area contributed by atoms with Gasteiger partial charge in [0, 0.05) is 19.7 Å². The predicted molar refractivity (Wildman–Crippen MR) is 111 cm³/mol. The Balaban J connectivity index is 1.42. The second kappa shape index (κ2) is 9.93. The van der Waals surface area contributed by atoms with Crippen LogP contribution in [0.3, 0.4) is 0 Å². The molecule has 0 bridgehead atoms. The number of sulfonamides is 1. The van der Waals surface area contributed by atoms with E-state index in [1.54, 1.807) is 4.90 Å². The second-order valence-electron chi connectivity index (χ2n) is 7.98. The van der Waals surface area contributed by atoms with Gasteiger partial charge in [0.25, 0.3) is 0 Å². The molecule has 1 aromatic carbocycles. The number of halogens is 1. The fourth-order valence-electron chi connectivity index (χ4n) is 3.29. The lowest BCUT2D eigenvalue weighted by molar-refractivity contribution is -0.119. The van der Waals surface area contributed by atoms with Gasteiger partial charge in [0.05, 0.1) is 24.6 Å². The predicted octanol–water partition coefficient (Wildman–Crippen LogP) is 1.65. The summed E-state index contributed by atoms with van der Waals surface area (Å²) < 4.78 is 45.9. The van der Waals surface area contributed by atoms with Gasteiger partial charge in [0.1, 0.15) is 0 Å². The summed E-state index contributed by atoms with van der Waals surface area (Å²) in [5, 5.41) is 12.0. The van der Waals surface area contributed by atoms with E-state index in [0.29, 0.717) is 31.2 Å². The minimum atomic E-state index is -3.53. The third-order valence-corrected chi connectivity index (χ3v) is 7.30. The van der Waals surface area contributed by atoms with Crippen molar-refractivity contribution in [1.82, 2.24) is 10.2 Å². The zero-order chi connectivity index (χ0) is 21.7. The molecule has 2 N–H and O–H groups in total. The van der Waals surface area contributed by atoms with Crippen LogP contribution in [0, 0.1) is 11.7 Å². The van der Waals surface area contributed by atoms with Crippen LogP contribution in [0.25, 0.3) is 0 Å². The van der Waals surface area contributed by atoms with Crippen LogP contribution in [0.5, 0.6) is 5.75 Å². The molecule has 0 aromatic heterocycles. The Morgan fingerprint density at radius 2 is 2.00 bits per heavy atom. The smallest absolute Gasteiger partial charge is 0.237 e. The van der Waals surface area contributed by atoms with Crippen molar-refractivity contribution in [1.29, 1.82) is 0 Å². The molecule has 2 fully saturated rings. The van der Waals surface area contributed by atoms with Crippen molar-refractivity contribution in [2.75, 3.05) is 36.8 Å². The number of nitrogens with one attached hydrogen (secondary N) is 1. The van der Waals surface area contributed by atoms with E-state index >= 15 is 0 Å². The number of nitrogens with zero attached hydrogens (tertiary/aromatic N) is 2. The molecule has 3 rings (SSSR count). The molecule has 10 heteroatoms. The van der Waals surface area contributed by atoms with E-state index in [2.05, 4.69) is 5.32 Å². The molecule has 0 radical (unpaired) electrons. The maximum absolute atomic E-state index is 13.9. The van der Waals surface area contributed by atoms with Crippen LogP contribution in [-0.4, -0.2) is 63.2 Å². The van der Waals surface area contributed by atoms with Crippen LogP contribution in [0.1, 0.15) is 38.5 Å². The minimum absolute atomic E-state index is 0.00841. The van der Waals surface area contributed by atoms with E-state index in [9.17, 15) is 22.7 Å². The van der Waals surface area contributed by atoms with E-state index in [1.165, 1.54) is 29.6 Å². The average molecular weight is 444 g/mol. The van der Waals surface area contributed by atoms with Crippen molar-refractivity contribution in [2.45, 2.75) is 44.9 Å². The average Bonchev–Trinajstić information content (AvgIpc) is 3.47. The SMILES string of the molecule is CN(c1ccc(F)c(OCC2CC2)c1)S(=O)(=O)CCCCCCN1CC(=O)NC1O. The van der Waals surface area contributed by atoms with Crippen molar-refractivity contribution < 1.29 is 27.4 Å². The molecule has 8 nitrogen and oxygen atoms in total. The Hall–Kier alpha value is -1.91. The number of aliphatic hydroxyl groups is 1. The number of anilines is 1. The van der Waals surface area contributed by atoms with Gasteiger partial charge in [0.15, 0.2) is 17.9 Å². The summed E-state index contributed by atoms with van der Waals surface area (Å²) in [5.41, 5.74) is 0.377. The fraction of sp³-hybridized carbons (Fsp3) is 0.650. The van der Waals surface area contributed by atoms with Gasteiger partial charge in [-0.1, -0.05) is 12.8 Å². The fourth-order valence-corrected chi connectivity index (χ4v) is 4.57. The number of ether oxygens (including phenoxy) is 1. The summed E-state index contributed by atoms with van der Waals surface area (Å²) in [6.45, 7) is 1.21. The number of rotatable bonds is 12. The number of aliphatic hydroxyl groups excluding tert-OH is 1. The summed E-state index contributed by atoms with van der Waals surface area (Å²) in [7, 11) is -2.07. The lowest BCUT2D eigenvalue weighted by atomic mass is 10.2. The summed E-state index contributed by atoms with van der Waals surface area (Å²) >= 11 is 0. The molecular formula is C20H30FN3O5S. The van der Waals surface area contributed by atoms with Crippen LogP contribution >= 0.6 is 0 Å². The van der Waals surface area contributed by atoms with E-state index in [1.807, 2.05) is 0 Å². The molecule has 1 aliphatic carbocycles. The van der Waals surface area contributed by atoms with Gasteiger partial charge in [-0.3, -0.25) is 14.0 Å². The lowest BCUT2D eigenvalue weighted by Crippen LogP contribution is -2.36. The Kier molecular flexibility index (Phi) is 7.54. The molecule has 1 unspecified atom stereocenters. The molecule has 1 heterocycles.